The Bertz CT molecular complexity index is 654. The first-order valence-electron chi connectivity index (χ1n) is 8.68. The topological polar surface area (TPSA) is 27.7 Å². The van der Waals surface area contributed by atoms with Gasteiger partial charge in [0.15, 0.2) is 6.17 Å². The van der Waals surface area contributed by atoms with Crippen molar-refractivity contribution in [2.24, 2.45) is 0 Å². The fourth-order valence-corrected chi connectivity index (χ4v) is 2.85. The monoisotopic (exact) mass is 344 g/mol. The Labute approximate surface area is 148 Å². The molecule has 0 aromatic heterocycles. The number of hydrogen-bond donors (Lipinski definition) is 0. The molecule has 25 heavy (non-hydrogen) atoms. The van der Waals surface area contributed by atoms with Gasteiger partial charge in [-0.25, -0.2) is 4.39 Å². The standard InChI is InChI=1S/C21H25FO3/c1-15-3-7-17(8-4-15)11-23-14-20-21(19(22)13-24-20)25-12-18-9-5-16(2)6-10-18/h3-10,19-21H,11-14H2,1-2H3/t19-,20+,21-/m0/s1. The van der Waals surface area contributed by atoms with Crippen molar-refractivity contribution in [3.8, 4) is 0 Å². The Balaban J connectivity index is 1.48. The van der Waals surface area contributed by atoms with Crippen molar-refractivity contribution in [2.45, 2.75) is 45.4 Å². The van der Waals surface area contributed by atoms with Crippen LogP contribution in [0, 0.1) is 13.8 Å². The minimum Gasteiger partial charge on any atom is -0.374 e. The summed E-state index contributed by atoms with van der Waals surface area (Å²) in [7, 11) is 0. The smallest absolute Gasteiger partial charge is 0.152 e. The van der Waals surface area contributed by atoms with Gasteiger partial charge in [-0.3, -0.25) is 0 Å². The number of halogens is 1. The molecule has 2 aromatic carbocycles. The lowest BCUT2D eigenvalue weighted by molar-refractivity contribution is -0.0667. The zero-order valence-electron chi connectivity index (χ0n) is 14.8. The Hall–Kier alpha value is -1.75. The maximum Gasteiger partial charge on any atom is 0.152 e. The zero-order chi connectivity index (χ0) is 17.6. The van der Waals surface area contributed by atoms with Crippen LogP contribution in [0.5, 0.6) is 0 Å². The molecule has 1 saturated heterocycles. The van der Waals surface area contributed by atoms with Gasteiger partial charge in [0, 0.05) is 0 Å². The Morgan fingerprint density at radius 3 is 2.08 bits per heavy atom. The van der Waals surface area contributed by atoms with Crippen LogP contribution in [-0.4, -0.2) is 31.6 Å². The van der Waals surface area contributed by atoms with E-state index in [1.165, 1.54) is 11.1 Å². The summed E-state index contributed by atoms with van der Waals surface area (Å²) in [6.45, 7) is 5.35. The van der Waals surface area contributed by atoms with Crippen LogP contribution in [0.4, 0.5) is 4.39 Å². The molecular formula is C21H25FO3. The van der Waals surface area contributed by atoms with E-state index in [9.17, 15) is 4.39 Å². The fourth-order valence-electron chi connectivity index (χ4n) is 2.85. The summed E-state index contributed by atoms with van der Waals surface area (Å²) < 4.78 is 31.1. The molecule has 0 saturated carbocycles. The van der Waals surface area contributed by atoms with Gasteiger partial charge >= 0.3 is 0 Å². The van der Waals surface area contributed by atoms with Gasteiger partial charge < -0.3 is 14.2 Å². The summed E-state index contributed by atoms with van der Waals surface area (Å²) in [5.74, 6) is 0. The minimum absolute atomic E-state index is 0.0666. The third-order valence-corrected chi connectivity index (χ3v) is 4.43. The van der Waals surface area contributed by atoms with E-state index in [4.69, 9.17) is 14.2 Å². The largest absolute Gasteiger partial charge is 0.374 e. The molecule has 0 aliphatic carbocycles. The van der Waals surface area contributed by atoms with E-state index in [0.717, 1.165) is 11.1 Å². The van der Waals surface area contributed by atoms with Crippen LogP contribution < -0.4 is 0 Å². The lowest BCUT2D eigenvalue weighted by atomic mass is 10.1. The molecule has 3 atom stereocenters. The van der Waals surface area contributed by atoms with E-state index in [1.54, 1.807) is 0 Å². The predicted molar refractivity (Wildman–Crippen MR) is 95.2 cm³/mol. The molecule has 0 amide bonds. The molecular weight excluding hydrogens is 319 g/mol. The van der Waals surface area contributed by atoms with Crippen molar-refractivity contribution in [3.63, 3.8) is 0 Å². The number of ether oxygens (including phenoxy) is 3. The third kappa shape index (κ3) is 5.11. The molecule has 2 aromatic rings. The van der Waals surface area contributed by atoms with Gasteiger partial charge in [0.2, 0.25) is 0 Å². The van der Waals surface area contributed by atoms with E-state index in [2.05, 4.69) is 12.1 Å². The van der Waals surface area contributed by atoms with Crippen LogP contribution >= 0.6 is 0 Å². The first-order chi connectivity index (χ1) is 12.1. The molecule has 0 unspecified atom stereocenters. The number of rotatable bonds is 7. The summed E-state index contributed by atoms with van der Waals surface area (Å²) in [6.07, 6.45) is -2.07. The summed E-state index contributed by atoms with van der Waals surface area (Å²) in [5.41, 5.74) is 4.54. The molecule has 0 N–H and O–H groups in total. The first-order valence-corrected chi connectivity index (χ1v) is 8.68. The van der Waals surface area contributed by atoms with E-state index >= 15 is 0 Å². The molecule has 1 fully saturated rings. The van der Waals surface area contributed by atoms with Crippen molar-refractivity contribution in [1.29, 1.82) is 0 Å². The SMILES string of the molecule is Cc1ccc(COC[C@H]2OC[C@H](F)[C@@H]2OCc2ccc(C)cc2)cc1. The van der Waals surface area contributed by atoms with Crippen LogP contribution in [-0.2, 0) is 27.4 Å². The average molecular weight is 344 g/mol. The number of alkyl halides is 1. The van der Waals surface area contributed by atoms with E-state index < -0.39 is 12.3 Å². The number of hydrogen-bond acceptors (Lipinski definition) is 3. The van der Waals surface area contributed by atoms with Gasteiger partial charge in [0.1, 0.15) is 12.2 Å². The maximum atomic E-state index is 14.1. The van der Waals surface area contributed by atoms with Crippen LogP contribution in [0.2, 0.25) is 0 Å². The van der Waals surface area contributed by atoms with Gasteiger partial charge in [-0.2, -0.15) is 0 Å². The second kappa shape index (κ2) is 8.56. The highest BCUT2D eigenvalue weighted by Crippen LogP contribution is 2.23. The second-order valence-corrected chi connectivity index (χ2v) is 6.65. The van der Waals surface area contributed by atoms with Crippen molar-refractivity contribution < 1.29 is 18.6 Å². The summed E-state index contributed by atoms with van der Waals surface area (Å²) in [6, 6.07) is 16.2. The van der Waals surface area contributed by atoms with Crippen molar-refractivity contribution in [3.05, 3.63) is 70.8 Å². The van der Waals surface area contributed by atoms with Gasteiger partial charge in [0.05, 0.1) is 26.4 Å². The van der Waals surface area contributed by atoms with Gasteiger partial charge in [0.25, 0.3) is 0 Å². The number of benzene rings is 2. The van der Waals surface area contributed by atoms with Crippen LogP contribution in [0.15, 0.2) is 48.5 Å². The Morgan fingerprint density at radius 1 is 0.920 bits per heavy atom. The van der Waals surface area contributed by atoms with Crippen molar-refractivity contribution in [1.82, 2.24) is 0 Å². The highest BCUT2D eigenvalue weighted by Gasteiger charge is 2.38. The van der Waals surface area contributed by atoms with Gasteiger partial charge in [-0.15, -0.1) is 0 Å². The molecule has 0 radical (unpaired) electrons. The minimum atomic E-state index is -1.11. The second-order valence-electron chi connectivity index (χ2n) is 6.65. The summed E-state index contributed by atoms with van der Waals surface area (Å²) in [5, 5.41) is 0. The van der Waals surface area contributed by atoms with E-state index in [1.807, 2.05) is 50.2 Å². The van der Waals surface area contributed by atoms with E-state index in [-0.39, 0.29) is 12.7 Å². The molecule has 0 spiro atoms. The molecule has 4 heteroatoms. The first kappa shape index (κ1) is 18.1. The molecule has 3 nitrogen and oxygen atoms in total. The van der Waals surface area contributed by atoms with Crippen LogP contribution in [0.3, 0.4) is 0 Å². The van der Waals surface area contributed by atoms with Gasteiger partial charge in [-0.05, 0) is 25.0 Å². The molecule has 3 rings (SSSR count). The van der Waals surface area contributed by atoms with Crippen LogP contribution in [0.25, 0.3) is 0 Å². The molecule has 1 heterocycles. The molecule has 1 aliphatic heterocycles. The quantitative estimate of drug-likeness (QED) is 0.755. The third-order valence-electron chi connectivity index (χ3n) is 4.43. The number of aryl methyl sites for hydroxylation is 2. The predicted octanol–water partition coefficient (Wildman–Crippen LogP) is 4.14. The van der Waals surface area contributed by atoms with Crippen LogP contribution in [0.1, 0.15) is 22.3 Å². The molecule has 0 bridgehead atoms. The highest BCUT2D eigenvalue weighted by atomic mass is 19.1. The normalized spacial score (nSPS) is 23.1. The molecule has 1 aliphatic rings. The zero-order valence-corrected chi connectivity index (χ0v) is 14.8. The van der Waals surface area contributed by atoms with Crippen molar-refractivity contribution >= 4 is 0 Å². The Kier molecular flexibility index (Phi) is 6.19. The lowest BCUT2D eigenvalue weighted by Gasteiger charge is -2.20. The lowest BCUT2D eigenvalue weighted by Crippen LogP contribution is -2.34. The van der Waals surface area contributed by atoms with E-state index in [0.29, 0.717) is 19.8 Å². The summed E-state index contributed by atoms with van der Waals surface area (Å²) in [4.78, 5) is 0. The van der Waals surface area contributed by atoms with Gasteiger partial charge in [-0.1, -0.05) is 59.7 Å². The fraction of sp³-hybridized carbons (Fsp3) is 0.429. The summed E-state index contributed by atoms with van der Waals surface area (Å²) >= 11 is 0. The van der Waals surface area contributed by atoms with Crippen molar-refractivity contribution in [2.75, 3.05) is 13.2 Å². The highest BCUT2D eigenvalue weighted by molar-refractivity contribution is 5.21. The average Bonchev–Trinajstić information content (AvgIpc) is 2.96. The molecule has 134 valence electrons. The maximum absolute atomic E-state index is 14.1. The Morgan fingerprint density at radius 2 is 1.48 bits per heavy atom.